The third kappa shape index (κ3) is 5.36. The predicted octanol–water partition coefficient (Wildman–Crippen LogP) is 4.69. The first kappa shape index (κ1) is 20.8. The first-order valence-electron chi connectivity index (χ1n) is 11.0. The van der Waals surface area contributed by atoms with E-state index in [-0.39, 0.29) is 17.7 Å². The van der Waals surface area contributed by atoms with E-state index in [1.807, 2.05) is 41.3 Å². The first-order chi connectivity index (χ1) is 14.7. The molecule has 0 bridgehead atoms. The molecule has 1 aliphatic carbocycles. The number of likely N-dealkylation sites (tertiary alicyclic amines) is 1. The molecule has 2 aromatic rings. The summed E-state index contributed by atoms with van der Waals surface area (Å²) in [6.07, 6.45) is 11.9. The van der Waals surface area contributed by atoms with Gasteiger partial charge in [-0.15, -0.1) is 11.3 Å². The quantitative estimate of drug-likeness (QED) is 0.726. The Morgan fingerprint density at radius 2 is 1.77 bits per heavy atom. The lowest BCUT2D eigenvalue weighted by Crippen LogP contribution is -2.40. The zero-order valence-electron chi connectivity index (χ0n) is 17.3. The maximum absolute atomic E-state index is 12.7. The van der Waals surface area contributed by atoms with E-state index in [9.17, 15) is 9.59 Å². The van der Waals surface area contributed by atoms with Gasteiger partial charge in [0.25, 0.3) is 0 Å². The van der Waals surface area contributed by atoms with Crippen molar-refractivity contribution in [3.63, 3.8) is 0 Å². The summed E-state index contributed by atoms with van der Waals surface area (Å²) < 4.78 is 0. The molecule has 0 saturated carbocycles. The topological polar surface area (TPSA) is 62.3 Å². The Balaban J connectivity index is 1.27. The summed E-state index contributed by atoms with van der Waals surface area (Å²) in [7, 11) is 0. The molecule has 1 aromatic carbocycles. The van der Waals surface area contributed by atoms with E-state index in [1.165, 1.54) is 36.3 Å². The molecule has 158 valence electrons. The van der Waals surface area contributed by atoms with E-state index in [4.69, 9.17) is 4.98 Å². The van der Waals surface area contributed by atoms with Gasteiger partial charge in [0.1, 0.15) is 0 Å². The second-order valence-corrected chi connectivity index (χ2v) is 9.22. The van der Waals surface area contributed by atoms with Crippen molar-refractivity contribution < 1.29 is 9.59 Å². The van der Waals surface area contributed by atoms with Crippen LogP contribution in [-0.2, 0) is 22.4 Å². The Kier molecular flexibility index (Phi) is 6.95. The highest BCUT2D eigenvalue weighted by atomic mass is 32.1. The minimum absolute atomic E-state index is 0.0115. The number of aryl methyl sites for hydroxylation is 2. The zero-order valence-corrected chi connectivity index (χ0v) is 18.1. The van der Waals surface area contributed by atoms with Crippen molar-refractivity contribution in [2.45, 2.75) is 51.4 Å². The first-order valence-corrected chi connectivity index (χ1v) is 11.8. The average Bonchev–Trinajstić information content (AvgIpc) is 3.13. The number of nitrogens with zero attached hydrogens (tertiary/aromatic N) is 2. The molecule has 1 N–H and O–H groups in total. The van der Waals surface area contributed by atoms with E-state index in [1.54, 1.807) is 17.4 Å². The van der Waals surface area contributed by atoms with Gasteiger partial charge in [-0.25, -0.2) is 4.98 Å². The number of piperidine rings is 1. The third-order valence-electron chi connectivity index (χ3n) is 5.97. The number of thiazole rings is 1. The van der Waals surface area contributed by atoms with Crippen molar-refractivity contribution >= 4 is 34.4 Å². The summed E-state index contributed by atoms with van der Waals surface area (Å²) in [5, 5.41) is 3.80. The van der Waals surface area contributed by atoms with Gasteiger partial charge in [0.05, 0.1) is 5.69 Å². The molecule has 6 heteroatoms. The fourth-order valence-corrected chi connectivity index (χ4v) is 5.22. The van der Waals surface area contributed by atoms with Gasteiger partial charge in [-0.1, -0.05) is 43.2 Å². The van der Waals surface area contributed by atoms with Crippen LogP contribution in [0.1, 0.15) is 54.7 Å². The van der Waals surface area contributed by atoms with Gasteiger partial charge in [0, 0.05) is 30.0 Å². The Labute approximate surface area is 182 Å². The zero-order chi connectivity index (χ0) is 20.8. The van der Waals surface area contributed by atoms with E-state index in [0.29, 0.717) is 25.9 Å². The van der Waals surface area contributed by atoms with Gasteiger partial charge < -0.3 is 10.2 Å². The molecule has 1 aromatic heterocycles. The number of amides is 2. The van der Waals surface area contributed by atoms with Crippen LogP contribution in [0, 0.1) is 5.92 Å². The van der Waals surface area contributed by atoms with Gasteiger partial charge in [-0.05, 0) is 50.2 Å². The van der Waals surface area contributed by atoms with Gasteiger partial charge in [0.15, 0.2) is 5.13 Å². The van der Waals surface area contributed by atoms with Crippen LogP contribution < -0.4 is 5.32 Å². The van der Waals surface area contributed by atoms with Gasteiger partial charge in [-0.2, -0.15) is 0 Å². The molecule has 0 unspecified atom stereocenters. The molecular formula is C24H29N3O2S. The monoisotopic (exact) mass is 423 g/mol. The fourth-order valence-electron chi connectivity index (χ4n) is 4.17. The minimum atomic E-state index is -0.0568. The number of hydrogen-bond donors (Lipinski definition) is 1. The number of rotatable bonds is 4. The average molecular weight is 424 g/mol. The van der Waals surface area contributed by atoms with E-state index in [2.05, 4.69) is 5.32 Å². The molecule has 1 fully saturated rings. The van der Waals surface area contributed by atoms with Crippen molar-refractivity contribution in [1.82, 2.24) is 9.88 Å². The van der Waals surface area contributed by atoms with Crippen LogP contribution in [0.2, 0.25) is 0 Å². The highest BCUT2D eigenvalue weighted by molar-refractivity contribution is 7.15. The normalized spacial score (nSPS) is 17.9. The summed E-state index contributed by atoms with van der Waals surface area (Å²) in [6, 6.07) is 9.81. The van der Waals surface area contributed by atoms with Crippen LogP contribution >= 0.6 is 11.3 Å². The summed E-state index contributed by atoms with van der Waals surface area (Å²) in [5.41, 5.74) is 2.19. The van der Waals surface area contributed by atoms with Crippen molar-refractivity contribution in [2.24, 2.45) is 5.92 Å². The standard InChI is InChI=1S/C24H29N3O2S/c28-22(13-12-18-8-4-3-5-9-18)27-16-14-19(15-17-27)23(29)26-24-25-20-10-6-1-2-7-11-21(20)30-24/h3-5,8-9,12-13,19H,1-2,6-7,10-11,14-17H2,(H,25,26,29)/b13-12+. The lowest BCUT2D eigenvalue weighted by Gasteiger charge is -2.30. The number of fused-ring (bicyclic) bond motifs is 1. The molecule has 5 nitrogen and oxygen atoms in total. The number of aromatic nitrogens is 1. The van der Waals surface area contributed by atoms with Crippen molar-refractivity contribution in [3.05, 3.63) is 52.5 Å². The molecule has 0 atom stereocenters. The summed E-state index contributed by atoms with van der Waals surface area (Å²) in [4.78, 5) is 33.1. The van der Waals surface area contributed by atoms with Gasteiger partial charge in [-0.3, -0.25) is 9.59 Å². The third-order valence-corrected chi connectivity index (χ3v) is 7.04. The van der Waals surface area contributed by atoms with Gasteiger partial charge in [0.2, 0.25) is 11.8 Å². The Morgan fingerprint density at radius 3 is 2.53 bits per heavy atom. The smallest absolute Gasteiger partial charge is 0.246 e. The van der Waals surface area contributed by atoms with Crippen LogP contribution in [0.5, 0.6) is 0 Å². The summed E-state index contributed by atoms with van der Waals surface area (Å²) in [6.45, 7) is 1.23. The number of nitrogens with one attached hydrogen (secondary N) is 1. The largest absolute Gasteiger partial charge is 0.339 e. The van der Waals surface area contributed by atoms with Crippen LogP contribution in [0.25, 0.3) is 6.08 Å². The molecule has 0 spiro atoms. The van der Waals surface area contributed by atoms with Crippen LogP contribution in [0.15, 0.2) is 36.4 Å². The number of hydrogen-bond acceptors (Lipinski definition) is 4. The lowest BCUT2D eigenvalue weighted by molar-refractivity contribution is -0.130. The van der Waals surface area contributed by atoms with Crippen LogP contribution in [0.3, 0.4) is 0 Å². The molecule has 4 rings (SSSR count). The Bertz CT molecular complexity index is 873. The Morgan fingerprint density at radius 1 is 1.03 bits per heavy atom. The highest BCUT2D eigenvalue weighted by Gasteiger charge is 2.27. The maximum Gasteiger partial charge on any atom is 0.246 e. The van der Waals surface area contributed by atoms with Crippen LogP contribution in [-0.4, -0.2) is 34.8 Å². The van der Waals surface area contributed by atoms with Crippen LogP contribution in [0.4, 0.5) is 5.13 Å². The van der Waals surface area contributed by atoms with Crippen molar-refractivity contribution in [2.75, 3.05) is 18.4 Å². The fraction of sp³-hybridized carbons (Fsp3) is 0.458. The number of anilines is 1. The summed E-state index contributed by atoms with van der Waals surface area (Å²) in [5.74, 6) is -0.000254. The van der Waals surface area contributed by atoms with Crippen molar-refractivity contribution in [3.8, 4) is 0 Å². The molecule has 30 heavy (non-hydrogen) atoms. The molecule has 2 amide bonds. The molecule has 2 heterocycles. The molecular weight excluding hydrogens is 394 g/mol. The van der Waals surface area contributed by atoms with Crippen molar-refractivity contribution in [1.29, 1.82) is 0 Å². The maximum atomic E-state index is 12.7. The molecule has 1 saturated heterocycles. The predicted molar refractivity (Wildman–Crippen MR) is 121 cm³/mol. The summed E-state index contributed by atoms with van der Waals surface area (Å²) >= 11 is 1.64. The second-order valence-electron chi connectivity index (χ2n) is 8.14. The number of benzene rings is 1. The SMILES string of the molecule is O=C(Nc1nc2c(s1)CCCCCC2)C1CCN(C(=O)/C=C/c2ccccc2)CC1. The second kappa shape index (κ2) is 10.0. The lowest BCUT2D eigenvalue weighted by atomic mass is 9.96. The molecule has 0 radical (unpaired) electrons. The van der Waals surface area contributed by atoms with E-state index < -0.39 is 0 Å². The number of carbonyl (C=O) groups is 2. The molecule has 2 aliphatic rings. The van der Waals surface area contributed by atoms with Gasteiger partial charge >= 0.3 is 0 Å². The highest BCUT2D eigenvalue weighted by Crippen LogP contribution is 2.29. The minimum Gasteiger partial charge on any atom is -0.339 e. The Hall–Kier alpha value is -2.47. The van der Waals surface area contributed by atoms with E-state index >= 15 is 0 Å². The number of carbonyl (C=O) groups excluding carboxylic acids is 2. The molecule has 1 aliphatic heterocycles. The van der Waals surface area contributed by atoms with E-state index in [0.717, 1.165) is 23.5 Å².